The molecule has 3 rings (SSSR count). The first-order chi connectivity index (χ1) is 11.7. The van der Waals surface area contributed by atoms with E-state index in [1.807, 2.05) is 36.4 Å². The van der Waals surface area contributed by atoms with Gasteiger partial charge in [0.2, 0.25) is 0 Å². The zero-order valence-electron chi connectivity index (χ0n) is 13.2. The summed E-state index contributed by atoms with van der Waals surface area (Å²) < 4.78 is 10.6. The van der Waals surface area contributed by atoms with Gasteiger partial charge in [-0.3, -0.25) is 0 Å². The van der Waals surface area contributed by atoms with Crippen LogP contribution >= 0.6 is 11.6 Å². The molecule has 0 amide bonds. The normalized spacial score (nSPS) is 15.3. The summed E-state index contributed by atoms with van der Waals surface area (Å²) in [6.45, 7) is 0. The zero-order chi connectivity index (χ0) is 16.9. The minimum atomic E-state index is -0.431. The number of esters is 1. The Kier molecular flexibility index (Phi) is 4.96. The van der Waals surface area contributed by atoms with E-state index in [0.29, 0.717) is 29.5 Å². The van der Waals surface area contributed by atoms with Crippen LogP contribution in [0, 0.1) is 0 Å². The Morgan fingerprint density at radius 2 is 1.88 bits per heavy atom. The number of methoxy groups -OCH3 is 1. The quantitative estimate of drug-likeness (QED) is 0.602. The summed E-state index contributed by atoms with van der Waals surface area (Å²) in [5.74, 6) is 0.811. The smallest absolute Gasteiger partial charge is 0.363 e. The van der Waals surface area contributed by atoms with Crippen molar-refractivity contribution in [3.63, 3.8) is 0 Å². The van der Waals surface area contributed by atoms with Crippen molar-refractivity contribution in [2.75, 3.05) is 7.11 Å². The van der Waals surface area contributed by atoms with Crippen LogP contribution in [0.1, 0.15) is 17.5 Å². The van der Waals surface area contributed by atoms with Crippen molar-refractivity contribution >= 4 is 29.5 Å². The van der Waals surface area contributed by atoms with Gasteiger partial charge in [-0.1, -0.05) is 41.9 Å². The summed E-state index contributed by atoms with van der Waals surface area (Å²) in [5, 5.41) is 0.646. The number of carbonyl (C=O) groups is 1. The number of para-hydroxylation sites is 1. The Morgan fingerprint density at radius 1 is 1.12 bits per heavy atom. The topological polar surface area (TPSA) is 47.9 Å². The lowest BCUT2D eigenvalue weighted by molar-refractivity contribution is -0.130. The Labute approximate surface area is 145 Å². The maximum atomic E-state index is 11.9. The van der Waals surface area contributed by atoms with Gasteiger partial charge in [-0.15, -0.1) is 0 Å². The van der Waals surface area contributed by atoms with Crippen molar-refractivity contribution in [1.29, 1.82) is 0 Å². The van der Waals surface area contributed by atoms with Gasteiger partial charge in [-0.05, 0) is 41.8 Å². The van der Waals surface area contributed by atoms with E-state index in [2.05, 4.69) is 4.99 Å². The second-order valence-corrected chi connectivity index (χ2v) is 5.72. The number of aryl methyl sites for hydroxylation is 1. The summed E-state index contributed by atoms with van der Waals surface area (Å²) in [7, 11) is 1.64. The minimum Gasteiger partial charge on any atom is -0.496 e. The number of ether oxygens (including phenoxy) is 2. The zero-order valence-corrected chi connectivity index (χ0v) is 13.9. The molecule has 2 aromatic rings. The maximum absolute atomic E-state index is 11.9. The van der Waals surface area contributed by atoms with Crippen LogP contribution in [0.5, 0.6) is 5.75 Å². The van der Waals surface area contributed by atoms with Gasteiger partial charge in [0, 0.05) is 11.4 Å². The molecule has 0 saturated heterocycles. The average Bonchev–Trinajstić information content (AvgIpc) is 2.95. The molecule has 4 nitrogen and oxygen atoms in total. The van der Waals surface area contributed by atoms with E-state index >= 15 is 0 Å². The molecule has 1 aliphatic rings. The first-order valence-corrected chi connectivity index (χ1v) is 7.92. The fraction of sp³-hybridized carbons (Fsp3) is 0.158. The van der Waals surface area contributed by atoms with E-state index in [0.717, 1.165) is 16.9 Å². The van der Waals surface area contributed by atoms with Crippen LogP contribution in [0.25, 0.3) is 6.08 Å². The monoisotopic (exact) mass is 341 g/mol. The second-order valence-electron chi connectivity index (χ2n) is 5.29. The fourth-order valence-electron chi connectivity index (χ4n) is 2.43. The Balaban J connectivity index is 1.71. The van der Waals surface area contributed by atoms with Gasteiger partial charge >= 0.3 is 5.97 Å². The number of hydrogen-bond donors (Lipinski definition) is 0. The molecule has 0 saturated carbocycles. The number of halogens is 1. The highest BCUT2D eigenvalue weighted by atomic mass is 35.5. The van der Waals surface area contributed by atoms with Crippen LogP contribution in [-0.2, 0) is 16.0 Å². The van der Waals surface area contributed by atoms with Crippen LogP contribution in [-0.4, -0.2) is 19.0 Å². The van der Waals surface area contributed by atoms with E-state index in [1.165, 1.54) is 0 Å². The van der Waals surface area contributed by atoms with E-state index < -0.39 is 5.97 Å². The van der Waals surface area contributed by atoms with Crippen molar-refractivity contribution in [3.8, 4) is 5.75 Å². The molecule has 0 unspecified atom stereocenters. The van der Waals surface area contributed by atoms with Crippen LogP contribution < -0.4 is 4.74 Å². The lowest BCUT2D eigenvalue weighted by Gasteiger charge is -2.07. The van der Waals surface area contributed by atoms with Gasteiger partial charge in [0.1, 0.15) is 5.75 Å². The third kappa shape index (κ3) is 3.84. The summed E-state index contributed by atoms with van der Waals surface area (Å²) in [4.78, 5) is 16.2. The maximum Gasteiger partial charge on any atom is 0.363 e. The molecule has 1 aliphatic heterocycles. The second kappa shape index (κ2) is 7.32. The molecule has 0 aromatic heterocycles. The van der Waals surface area contributed by atoms with E-state index in [1.54, 1.807) is 25.3 Å². The lowest BCUT2D eigenvalue weighted by atomic mass is 10.1. The largest absolute Gasteiger partial charge is 0.496 e. The molecule has 0 spiro atoms. The van der Waals surface area contributed by atoms with Gasteiger partial charge in [0.05, 0.1) is 7.11 Å². The van der Waals surface area contributed by atoms with Crippen molar-refractivity contribution in [2.24, 2.45) is 4.99 Å². The molecule has 0 fully saturated rings. The first kappa shape index (κ1) is 16.3. The van der Waals surface area contributed by atoms with Crippen molar-refractivity contribution in [1.82, 2.24) is 0 Å². The molecule has 122 valence electrons. The van der Waals surface area contributed by atoms with Crippen molar-refractivity contribution in [3.05, 3.63) is 70.4 Å². The van der Waals surface area contributed by atoms with E-state index in [4.69, 9.17) is 21.1 Å². The Hall–Kier alpha value is -2.59. The third-order valence-electron chi connectivity index (χ3n) is 3.64. The molecule has 0 atom stereocenters. The highest BCUT2D eigenvalue weighted by Crippen LogP contribution is 2.22. The van der Waals surface area contributed by atoms with Crippen LogP contribution in [0.2, 0.25) is 5.02 Å². The standard InChI is InChI=1S/C19H16ClNO3/c1-23-17-5-3-2-4-14(17)8-11-18-21-16(19(22)24-18)12-13-6-9-15(20)10-7-13/h2-7,9-10,12H,8,11H2,1H3/b16-12+. The molecular weight excluding hydrogens is 326 g/mol. The number of aliphatic imine (C=N–C) groups is 1. The number of carbonyl (C=O) groups excluding carboxylic acids is 1. The lowest BCUT2D eigenvalue weighted by Crippen LogP contribution is -2.05. The number of hydrogen-bond acceptors (Lipinski definition) is 4. The first-order valence-electron chi connectivity index (χ1n) is 7.54. The van der Waals surface area contributed by atoms with Crippen molar-refractivity contribution < 1.29 is 14.3 Å². The third-order valence-corrected chi connectivity index (χ3v) is 3.89. The highest BCUT2D eigenvalue weighted by Gasteiger charge is 2.22. The molecule has 2 aromatic carbocycles. The molecule has 0 radical (unpaired) electrons. The average molecular weight is 342 g/mol. The van der Waals surface area contributed by atoms with E-state index in [9.17, 15) is 4.79 Å². The SMILES string of the molecule is COc1ccccc1CCC1=N/C(=C/c2ccc(Cl)cc2)C(=O)O1. The molecule has 5 heteroatoms. The predicted molar refractivity (Wildman–Crippen MR) is 94.3 cm³/mol. The van der Waals surface area contributed by atoms with Gasteiger partial charge in [-0.25, -0.2) is 9.79 Å². The summed E-state index contributed by atoms with van der Waals surface area (Å²) in [6.07, 6.45) is 2.91. The molecule has 0 N–H and O–H groups in total. The van der Waals surface area contributed by atoms with Crippen LogP contribution in [0.3, 0.4) is 0 Å². The van der Waals surface area contributed by atoms with Gasteiger partial charge in [0.15, 0.2) is 11.6 Å². The van der Waals surface area contributed by atoms with Crippen LogP contribution in [0.4, 0.5) is 0 Å². The Morgan fingerprint density at radius 3 is 2.62 bits per heavy atom. The number of rotatable bonds is 5. The minimum absolute atomic E-state index is 0.298. The van der Waals surface area contributed by atoms with Gasteiger partial charge < -0.3 is 9.47 Å². The number of benzene rings is 2. The number of nitrogens with zero attached hydrogens (tertiary/aromatic N) is 1. The predicted octanol–water partition coefficient (Wildman–Crippen LogP) is 4.28. The fourth-order valence-corrected chi connectivity index (χ4v) is 2.55. The Bertz CT molecular complexity index is 810. The molecule has 0 aliphatic carbocycles. The van der Waals surface area contributed by atoms with Gasteiger partial charge in [0.25, 0.3) is 0 Å². The molecule has 0 bridgehead atoms. The molecule has 1 heterocycles. The van der Waals surface area contributed by atoms with Crippen LogP contribution in [0.15, 0.2) is 59.2 Å². The summed E-state index contributed by atoms with van der Waals surface area (Å²) in [5.41, 5.74) is 2.20. The van der Waals surface area contributed by atoms with Gasteiger partial charge in [-0.2, -0.15) is 0 Å². The highest BCUT2D eigenvalue weighted by molar-refractivity contribution is 6.30. The number of cyclic esters (lactones) is 1. The molecular formula is C19H16ClNO3. The van der Waals surface area contributed by atoms with Crippen molar-refractivity contribution in [2.45, 2.75) is 12.8 Å². The summed E-state index contributed by atoms with van der Waals surface area (Å²) in [6, 6.07) is 14.9. The van der Waals surface area contributed by atoms with E-state index in [-0.39, 0.29) is 0 Å². The molecule has 24 heavy (non-hydrogen) atoms. The summed E-state index contributed by atoms with van der Waals surface area (Å²) >= 11 is 5.85.